The fourth-order valence-corrected chi connectivity index (χ4v) is 7.21. The van der Waals surface area contributed by atoms with E-state index in [1.165, 1.54) is 49.0 Å². The summed E-state index contributed by atoms with van der Waals surface area (Å²) in [6.45, 7) is 8.56. The molecule has 36 heavy (non-hydrogen) atoms. The van der Waals surface area contributed by atoms with Gasteiger partial charge in [-0.05, 0) is 106 Å². The lowest BCUT2D eigenvalue weighted by Crippen LogP contribution is -2.39. The highest BCUT2D eigenvalue weighted by atomic mass is 35.5. The number of piperidine rings is 1. The summed E-state index contributed by atoms with van der Waals surface area (Å²) in [7, 11) is -3.77. The van der Waals surface area contributed by atoms with Crippen molar-refractivity contribution in [2.75, 3.05) is 13.1 Å². The third-order valence-corrected chi connectivity index (χ3v) is 9.44. The number of hydrogen-bond donors (Lipinski definition) is 2. The summed E-state index contributed by atoms with van der Waals surface area (Å²) < 4.78 is 28.6. The fourth-order valence-electron chi connectivity index (χ4n) is 5.44. The van der Waals surface area contributed by atoms with Gasteiger partial charge in [-0.25, -0.2) is 13.1 Å². The van der Waals surface area contributed by atoms with E-state index in [0.717, 1.165) is 25.8 Å². The van der Waals surface area contributed by atoms with Crippen molar-refractivity contribution in [1.82, 2.24) is 14.9 Å². The Bertz CT molecular complexity index is 1210. The molecule has 1 aliphatic heterocycles. The SMILES string of the molecule is Cc1cc(S(=O)(=O)N[C@@H](C)CC(=O)N[C@@H]2CCCc3cc(CN4CCCCC4)ccc32)c(C)cc1Cl. The molecule has 1 heterocycles. The third kappa shape index (κ3) is 6.68. The highest BCUT2D eigenvalue weighted by Crippen LogP contribution is 2.31. The Labute approximate surface area is 220 Å². The maximum absolute atomic E-state index is 12.9. The van der Waals surface area contributed by atoms with Crippen molar-refractivity contribution in [2.45, 2.75) is 89.2 Å². The normalized spacial score (nSPS) is 19.5. The largest absolute Gasteiger partial charge is 0.349 e. The number of benzene rings is 2. The van der Waals surface area contributed by atoms with Crippen molar-refractivity contribution in [3.63, 3.8) is 0 Å². The Morgan fingerprint density at radius 2 is 1.83 bits per heavy atom. The molecule has 0 saturated carbocycles. The first-order valence-electron chi connectivity index (χ1n) is 13.0. The number of carbonyl (C=O) groups is 1. The molecule has 4 rings (SSSR count). The molecular weight excluding hydrogens is 494 g/mol. The van der Waals surface area contributed by atoms with Gasteiger partial charge in [0.2, 0.25) is 15.9 Å². The number of amides is 1. The molecular formula is C28H38ClN3O3S. The van der Waals surface area contributed by atoms with E-state index < -0.39 is 16.1 Å². The molecule has 0 aromatic heterocycles. The van der Waals surface area contributed by atoms with Crippen LogP contribution >= 0.6 is 11.6 Å². The first-order chi connectivity index (χ1) is 17.1. The van der Waals surface area contributed by atoms with Crippen LogP contribution < -0.4 is 10.0 Å². The van der Waals surface area contributed by atoms with Crippen molar-refractivity contribution in [2.24, 2.45) is 0 Å². The van der Waals surface area contributed by atoms with Gasteiger partial charge in [0, 0.05) is 24.0 Å². The van der Waals surface area contributed by atoms with E-state index in [1.807, 2.05) is 0 Å². The van der Waals surface area contributed by atoms with Crippen LogP contribution in [0, 0.1) is 13.8 Å². The molecule has 0 spiro atoms. The number of nitrogens with zero attached hydrogens (tertiary/aromatic N) is 1. The second kappa shape index (κ2) is 11.6. The van der Waals surface area contributed by atoms with Gasteiger partial charge in [0.25, 0.3) is 0 Å². The summed E-state index contributed by atoms with van der Waals surface area (Å²) in [6, 6.07) is 9.35. The van der Waals surface area contributed by atoms with Crippen molar-refractivity contribution >= 4 is 27.5 Å². The van der Waals surface area contributed by atoms with Gasteiger partial charge in [0.15, 0.2) is 0 Å². The van der Waals surface area contributed by atoms with Gasteiger partial charge in [-0.2, -0.15) is 0 Å². The highest BCUT2D eigenvalue weighted by molar-refractivity contribution is 7.89. The lowest BCUT2D eigenvalue weighted by Gasteiger charge is -2.29. The molecule has 0 unspecified atom stereocenters. The van der Waals surface area contributed by atoms with Crippen LogP contribution in [-0.4, -0.2) is 38.4 Å². The van der Waals surface area contributed by atoms with Gasteiger partial charge >= 0.3 is 0 Å². The molecule has 1 amide bonds. The number of likely N-dealkylation sites (tertiary alicyclic amines) is 1. The summed E-state index contributed by atoms with van der Waals surface area (Å²) in [5.74, 6) is -0.149. The predicted octanol–water partition coefficient (Wildman–Crippen LogP) is 5.19. The summed E-state index contributed by atoms with van der Waals surface area (Å²) >= 11 is 6.12. The van der Waals surface area contributed by atoms with Gasteiger partial charge in [0.05, 0.1) is 10.9 Å². The monoisotopic (exact) mass is 531 g/mol. The number of sulfonamides is 1. The number of aryl methyl sites for hydroxylation is 3. The topological polar surface area (TPSA) is 78.5 Å². The Hall–Kier alpha value is -1.93. The second-order valence-electron chi connectivity index (χ2n) is 10.5. The summed E-state index contributed by atoms with van der Waals surface area (Å²) in [5, 5.41) is 3.69. The summed E-state index contributed by atoms with van der Waals surface area (Å²) in [5.41, 5.74) is 5.13. The average molecular weight is 532 g/mol. The van der Waals surface area contributed by atoms with E-state index in [0.29, 0.717) is 16.1 Å². The second-order valence-corrected chi connectivity index (χ2v) is 12.6. The van der Waals surface area contributed by atoms with Crippen molar-refractivity contribution in [3.8, 4) is 0 Å². The molecule has 1 saturated heterocycles. The summed E-state index contributed by atoms with van der Waals surface area (Å²) in [6.07, 6.45) is 6.94. The quantitative estimate of drug-likeness (QED) is 0.491. The van der Waals surface area contributed by atoms with E-state index in [2.05, 4.69) is 33.1 Å². The van der Waals surface area contributed by atoms with E-state index in [1.54, 1.807) is 32.9 Å². The molecule has 2 atom stereocenters. The molecule has 1 aliphatic carbocycles. The van der Waals surface area contributed by atoms with Crippen LogP contribution in [0.4, 0.5) is 0 Å². The molecule has 1 fully saturated rings. The summed E-state index contributed by atoms with van der Waals surface area (Å²) in [4.78, 5) is 15.6. The Morgan fingerprint density at radius 1 is 1.08 bits per heavy atom. The van der Waals surface area contributed by atoms with E-state index in [-0.39, 0.29) is 23.3 Å². The minimum Gasteiger partial charge on any atom is -0.349 e. The zero-order chi connectivity index (χ0) is 25.9. The van der Waals surface area contributed by atoms with Gasteiger partial charge in [-0.1, -0.05) is 36.2 Å². The molecule has 6 nitrogen and oxygen atoms in total. The minimum atomic E-state index is -3.77. The van der Waals surface area contributed by atoms with Crippen LogP contribution in [0.15, 0.2) is 35.2 Å². The standard InChI is InChI=1S/C28H38ClN3O3S/c1-19-15-27(20(2)14-25(19)29)36(34,35)31-21(3)16-28(33)30-26-9-7-8-23-17-22(10-11-24(23)26)18-32-12-5-4-6-13-32/h10-11,14-15,17,21,26,31H,4-9,12-13,16,18H2,1-3H3,(H,30,33)/t21-,26+/m0/s1. The third-order valence-electron chi connectivity index (χ3n) is 7.31. The number of fused-ring (bicyclic) bond motifs is 1. The zero-order valence-corrected chi connectivity index (χ0v) is 23.1. The van der Waals surface area contributed by atoms with Crippen LogP contribution in [0.5, 0.6) is 0 Å². The van der Waals surface area contributed by atoms with Gasteiger partial charge in [0.1, 0.15) is 0 Å². The van der Waals surface area contributed by atoms with Crippen molar-refractivity contribution < 1.29 is 13.2 Å². The maximum atomic E-state index is 12.9. The first kappa shape index (κ1) is 27.1. The molecule has 2 aromatic carbocycles. The first-order valence-corrected chi connectivity index (χ1v) is 14.9. The van der Waals surface area contributed by atoms with Crippen LogP contribution in [-0.2, 0) is 27.8 Å². The highest BCUT2D eigenvalue weighted by Gasteiger charge is 2.25. The number of rotatable bonds is 8. The molecule has 2 aromatic rings. The van der Waals surface area contributed by atoms with Gasteiger partial charge in [-0.15, -0.1) is 0 Å². The lowest BCUT2D eigenvalue weighted by atomic mass is 9.86. The fraction of sp³-hybridized carbons (Fsp3) is 0.536. The van der Waals surface area contributed by atoms with Crippen molar-refractivity contribution in [1.29, 1.82) is 0 Å². The maximum Gasteiger partial charge on any atom is 0.241 e. The number of halogens is 1. The van der Waals surface area contributed by atoms with E-state index in [9.17, 15) is 13.2 Å². The molecule has 2 aliphatic rings. The number of nitrogens with one attached hydrogen (secondary N) is 2. The van der Waals surface area contributed by atoms with Gasteiger partial charge < -0.3 is 5.32 Å². The van der Waals surface area contributed by atoms with E-state index in [4.69, 9.17) is 11.6 Å². The molecule has 2 N–H and O–H groups in total. The Kier molecular flexibility index (Phi) is 8.76. The number of carbonyl (C=O) groups excluding carboxylic acids is 1. The van der Waals surface area contributed by atoms with Crippen LogP contribution in [0.2, 0.25) is 5.02 Å². The van der Waals surface area contributed by atoms with E-state index >= 15 is 0 Å². The van der Waals surface area contributed by atoms with Crippen LogP contribution in [0.1, 0.15) is 79.3 Å². The molecule has 0 bridgehead atoms. The average Bonchev–Trinajstić information content (AvgIpc) is 2.81. The van der Waals surface area contributed by atoms with Gasteiger partial charge in [-0.3, -0.25) is 9.69 Å². The molecule has 196 valence electrons. The Balaban J connectivity index is 1.36. The molecule has 0 radical (unpaired) electrons. The Morgan fingerprint density at radius 3 is 2.58 bits per heavy atom. The smallest absolute Gasteiger partial charge is 0.241 e. The lowest BCUT2D eigenvalue weighted by molar-refractivity contribution is -0.122. The van der Waals surface area contributed by atoms with Crippen LogP contribution in [0.25, 0.3) is 0 Å². The zero-order valence-electron chi connectivity index (χ0n) is 21.6. The minimum absolute atomic E-state index is 0.0322. The predicted molar refractivity (Wildman–Crippen MR) is 145 cm³/mol. The molecule has 8 heteroatoms. The number of hydrogen-bond acceptors (Lipinski definition) is 4. The van der Waals surface area contributed by atoms with Crippen molar-refractivity contribution in [3.05, 3.63) is 63.2 Å². The van der Waals surface area contributed by atoms with Crippen LogP contribution in [0.3, 0.4) is 0 Å².